The van der Waals surface area contributed by atoms with Gasteiger partial charge in [0.05, 0.1) is 0 Å². The Hall–Kier alpha value is -0.820. The van der Waals surface area contributed by atoms with Crippen LogP contribution in [-0.4, -0.2) is 6.54 Å². The summed E-state index contributed by atoms with van der Waals surface area (Å²) in [5.74, 6) is 1.03. The van der Waals surface area contributed by atoms with E-state index in [2.05, 4.69) is 42.6 Å². The topological polar surface area (TPSA) is 12.0 Å². The van der Waals surface area contributed by atoms with Crippen LogP contribution < -0.4 is 5.32 Å². The van der Waals surface area contributed by atoms with E-state index in [0.717, 1.165) is 5.92 Å². The third-order valence-electron chi connectivity index (χ3n) is 3.00. The molecule has 1 nitrogen and oxygen atoms in total. The van der Waals surface area contributed by atoms with Crippen molar-refractivity contribution in [2.75, 3.05) is 6.54 Å². The van der Waals surface area contributed by atoms with Crippen molar-refractivity contribution in [3.05, 3.63) is 35.9 Å². The zero-order valence-corrected chi connectivity index (χ0v) is 8.87. The minimum atomic E-state index is 0.495. The van der Waals surface area contributed by atoms with Crippen molar-refractivity contribution in [1.82, 2.24) is 5.32 Å². The number of benzene rings is 1. The van der Waals surface area contributed by atoms with Crippen LogP contribution in [0.5, 0.6) is 0 Å². The van der Waals surface area contributed by atoms with E-state index in [1.165, 1.54) is 31.4 Å². The SMILES string of the molecule is C[C@@H](NCCC1CC1)c1ccccc1. The van der Waals surface area contributed by atoms with Crippen molar-refractivity contribution < 1.29 is 0 Å². The normalized spacial score (nSPS) is 18.1. The molecule has 0 spiro atoms. The van der Waals surface area contributed by atoms with Gasteiger partial charge < -0.3 is 5.32 Å². The predicted molar refractivity (Wildman–Crippen MR) is 60.2 cm³/mol. The summed E-state index contributed by atoms with van der Waals surface area (Å²) in [5.41, 5.74) is 1.39. The number of hydrogen-bond acceptors (Lipinski definition) is 1. The van der Waals surface area contributed by atoms with E-state index in [1.807, 2.05) is 0 Å². The molecule has 1 aliphatic rings. The lowest BCUT2D eigenvalue weighted by molar-refractivity contribution is 0.540. The lowest BCUT2D eigenvalue weighted by Gasteiger charge is -2.13. The molecule has 1 aromatic rings. The Bertz CT molecular complexity index is 264. The largest absolute Gasteiger partial charge is 0.310 e. The second-order valence-corrected chi connectivity index (χ2v) is 4.32. The van der Waals surface area contributed by atoms with Crippen molar-refractivity contribution in [2.45, 2.75) is 32.2 Å². The lowest BCUT2D eigenvalue weighted by Crippen LogP contribution is -2.20. The quantitative estimate of drug-likeness (QED) is 0.750. The van der Waals surface area contributed by atoms with Gasteiger partial charge in [0.15, 0.2) is 0 Å². The third kappa shape index (κ3) is 2.85. The predicted octanol–water partition coefficient (Wildman–Crippen LogP) is 3.14. The Morgan fingerprint density at radius 3 is 2.64 bits per heavy atom. The second kappa shape index (κ2) is 4.61. The van der Waals surface area contributed by atoms with Gasteiger partial charge in [-0.2, -0.15) is 0 Å². The molecular weight excluding hydrogens is 170 g/mol. The molecule has 2 rings (SSSR count). The summed E-state index contributed by atoms with van der Waals surface area (Å²) in [6.07, 6.45) is 4.28. The summed E-state index contributed by atoms with van der Waals surface area (Å²) in [6.45, 7) is 3.41. The minimum Gasteiger partial charge on any atom is -0.310 e. The smallest absolute Gasteiger partial charge is 0.0291 e. The Kier molecular flexibility index (Phi) is 3.20. The van der Waals surface area contributed by atoms with Crippen LogP contribution in [0.2, 0.25) is 0 Å². The molecule has 1 atom stereocenters. The first-order chi connectivity index (χ1) is 6.86. The van der Waals surface area contributed by atoms with Gasteiger partial charge in [-0.05, 0) is 31.4 Å². The maximum absolute atomic E-state index is 3.57. The standard InChI is InChI=1S/C13H19N/c1-11(13-5-3-2-4-6-13)14-10-9-12-7-8-12/h2-6,11-12,14H,7-10H2,1H3/t11-/m1/s1. The van der Waals surface area contributed by atoms with Crippen molar-refractivity contribution in [2.24, 2.45) is 5.92 Å². The highest BCUT2D eigenvalue weighted by molar-refractivity contribution is 5.17. The van der Waals surface area contributed by atoms with E-state index in [0.29, 0.717) is 6.04 Å². The summed E-state index contributed by atoms with van der Waals surface area (Å²) < 4.78 is 0. The molecular formula is C13H19N. The monoisotopic (exact) mass is 189 g/mol. The minimum absolute atomic E-state index is 0.495. The Morgan fingerprint density at radius 1 is 1.29 bits per heavy atom. The Labute approximate surface area is 86.5 Å². The van der Waals surface area contributed by atoms with Crippen LogP contribution in [0.4, 0.5) is 0 Å². The highest BCUT2D eigenvalue weighted by Crippen LogP contribution is 2.31. The van der Waals surface area contributed by atoms with Crippen LogP contribution in [0.25, 0.3) is 0 Å². The van der Waals surface area contributed by atoms with Crippen LogP contribution in [0, 0.1) is 5.92 Å². The number of nitrogens with one attached hydrogen (secondary N) is 1. The van der Waals surface area contributed by atoms with Gasteiger partial charge in [-0.1, -0.05) is 43.2 Å². The molecule has 1 aromatic carbocycles. The molecule has 0 radical (unpaired) electrons. The molecule has 1 saturated carbocycles. The van der Waals surface area contributed by atoms with Gasteiger partial charge in [-0.25, -0.2) is 0 Å². The Balaban J connectivity index is 1.74. The first-order valence-corrected chi connectivity index (χ1v) is 5.64. The summed E-state index contributed by atoms with van der Waals surface area (Å²) in [4.78, 5) is 0. The van der Waals surface area contributed by atoms with E-state index in [9.17, 15) is 0 Å². The highest BCUT2D eigenvalue weighted by atomic mass is 14.9. The first-order valence-electron chi connectivity index (χ1n) is 5.64. The zero-order valence-electron chi connectivity index (χ0n) is 8.87. The molecule has 0 aromatic heterocycles. The molecule has 0 aliphatic heterocycles. The molecule has 0 saturated heterocycles. The summed E-state index contributed by atoms with van der Waals surface area (Å²) in [7, 11) is 0. The van der Waals surface area contributed by atoms with Crippen molar-refractivity contribution in [3.63, 3.8) is 0 Å². The summed E-state index contributed by atoms with van der Waals surface area (Å²) in [5, 5.41) is 3.57. The van der Waals surface area contributed by atoms with Crippen molar-refractivity contribution in [1.29, 1.82) is 0 Å². The fourth-order valence-electron chi connectivity index (χ4n) is 1.77. The maximum Gasteiger partial charge on any atom is 0.0291 e. The second-order valence-electron chi connectivity index (χ2n) is 4.32. The lowest BCUT2D eigenvalue weighted by atomic mass is 10.1. The van der Waals surface area contributed by atoms with Crippen LogP contribution >= 0.6 is 0 Å². The van der Waals surface area contributed by atoms with Gasteiger partial charge in [-0.15, -0.1) is 0 Å². The molecule has 0 heterocycles. The number of rotatable bonds is 5. The zero-order chi connectivity index (χ0) is 9.80. The van der Waals surface area contributed by atoms with Gasteiger partial charge in [0, 0.05) is 6.04 Å². The summed E-state index contributed by atoms with van der Waals surface area (Å²) >= 11 is 0. The molecule has 1 heteroatoms. The molecule has 0 bridgehead atoms. The van der Waals surface area contributed by atoms with E-state index in [1.54, 1.807) is 0 Å². The summed E-state index contributed by atoms with van der Waals surface area (Å²) in [6, 6.07) is 11.2. The molecule has 76 valence electrons. The van der Waals surface area contributed by atoms with E-state index in [4.69, 9.17) is 0 Å². The Morgan fingerprint density at radius 2 is 2.00 bits per heavy atom. The molecule has 0 amide bonds. The molecule has 1 fully saturated rings. The molecule has 1 N–H and O–H groups in total. The van der Waals surface area contributed by atoms with E-state index in [-0.39, 0.29) is 0 Å². The average Bonchev–Trinajstić information content (AvgIpc) is 3.03. The third-order valence-corrected chi connectivity index (χ3v) is 3.00. The van der Waals surface area contributed by atoms with Crippen LogP contribution in [-0.2, 0) is 0 Å². The molecule has 14 heavy (non-hydrogen) atoms. The van der Waals surface area contributed by atoms with Crippen molar-refractivity contribution in [3.8, 4) is 0 Å². The average molecular weight is 189 g/mol. The van der Waals surface area contributed by atoms with E-state index >= 15 is 0 Å². The van der Waals surface area contributed by atoms with Gasteiger partial charge in [0.25, 0.3) is 0 Å². The fourth-order valence-corrected chi connectivity index (χ4v) is 1.77. The fraction of sp³-hybridized carbons (Fsp3) is 0.538. The maximum atomic E-state index is 3.57. The van der Waals surface area contributed by atoms with Gasteiger partial charge >= 0.3 is 0 Å². The first kappa shape index (κ1) is 9.72. The van der Waals surface area contributed by atoms with Crippen molar-refractivity contribution >= 4 is 0 Å². The van der Waals surface area contributed by atoms with Crippen LogP contribution in [0.15, 0.2) is 30.3 Å². The highest BCUT2D eigenvalue weighted by Gasteiger charge is 2.20. The molecule has 0 unspecified atom stereocenters. The van der Waals surface area contributed by atoms with Crippen LogP contribution in [0.1, 0.15) is 37.8 Å². The van der Waals surface area contributed by atoms with Gasteiger partial charge in [0.2, 0.25) is 0 Å². The molecule has 1 aliphatic carbocycles. The van der Waals surface area contributed by atoms with Gasteiger partial charge in [0.1, 0.15) is 0 Å². The van der Waals surface area contributed by atoms with E-state index < -0.39 is 0 Å². The van der Waals surface area contributed by atoms with Gasteiger partial charge in [-0.3, -0.25) is 0 Å². The number of hydrogen-bond donors (Lipinski definition) is 1. The van der Waals surface area contributed by atoms with Crippen LogP contribution in [0.3, 0.4) is 0 Å².